The van der Waals surface area contributed by atoms with Gasteiger partial charge in [-0.15, -0.1) is 0 Å². The number of anilines is 1. The molecule has 276 valence electrons. The molecule has 0 aliphatic carbocycles. The first-order valence-electron chi connectivity index (χ1n) is 15.8. The molecule has 2 atom stereocenters. The maximum Gasteiger partial charge on any atom is 0.328 e. The zero-order valence-corrected chi connectivity index (χ0v) is 28.9. The smallest absolute Gasteiger partial charge is 0.328 e. The highest BCUT2D eigenvalue weighted by Crippen LogP contribution is 2.33. The van der Waals surface area contributed by atoms with Crippen LogP contribution >= 0.6 is 0 Å². The van der Waals surface area contributed by atoms with Gasteiger partial charge in [0.2, 0.25) is 0 Å². The van der Waals surface area contributed by atoms with E-state index in [0.29, 0.717) is 40.2 Å². The number of carboxylic acid groups (broad SMARTS) is 3. The number of rotatable bonds is 12. The van der Waals surface area contributed by atoms with Crippen LogP contribution in [0, 0.1) is 18.7 Å². The Morgan fingerprint density at radius 3 is 2.23 bits per heavy atom. The van der Waals surface area contributed by atoms with Crippen LogP contribution in [0.5, 0.6) is 17.2 Å². The molecule has 0 aliphatic rings. The van der Waals surface area contributed by atoms with E-state index < -0.39 is 46.6 Å². The summed E-state index contributed by atoms with van der Waals surface area (Å²) in [7, 11) is 1.55. The molecule has 5 aromatic rings. The van der Waals surface area contributed by atoms with E-state index in [1.54, 1.807) is 75.6 Å². The van der Waals surface area contributed by atoms with Crippen LogP contribution in [-0.2, 0) is 20.9 Å². The second-order valence-corrected chi connectivity index (χ2v) is 11.9. The van der Waals surface area contributed by atoms with Crippen LogP contribution < -0.4 is 26.1 Å². The van der Waals surface area contributed by atoms with Gasteiger partial charge in [-0.1, -0.05) is 25.1 Å². The van der Waals surface area contributed by atoms with Gasteiger partial charge in [-0.3, -0.25) is 24.0 Å². The maximum atomic E-state index is 15.2. The van der Waals surface area contributed by atoms with Crippen molar-refractivity contribution >= 4 is 40.4 Å². The number of carbonyl (C=O) groups is 4. The molecule has 0 saturated carbocycles. The number of carboxylic acids is 3. The number of benzene rings is 3. The van der Waals surface area contributed by atoms with E-state index in [-0.39, 0.29) is 29.2 Å². The van der Waals surface area contributed by atoms with E-state index in [2.05, 4.69) is 10.3 Å². The number of hydrogen-bond acceptors (Lipinski definition) is 9. The standard InChI is InChI=1S/C33H32FN5O6.C4H4O4/c1-19(33(3,35)32(42)43)18-38-20(2)29(31(41)39(38)22-8-6-5-7-9-22)30(40)37-21-10-13-28(25(34)16-21)45-27-14-15-36-26-17-23(44-4)11-12-24(26)27;5-3(6)1-2-4(7)8/h5-17,19H,18,35H2,1-4H3,(H,37,40)(H,42,43);1-2H,(H,5,6)(H,7,8)/b;2-1-/t19-,33+;/m1./s1. The van der Waals surface area contributed by atoms with Gasteiger partial charge in [0.05, 0.1) is 24.0 Å². The van der Waals surface area contributed by atoms with Crippen molar-refractivity contribution in [2.45, 2.75) is 32.9 Å². The molecule has 6 N–H and O–H groups in total. The SMILES string of the molecule is COc1ccc2c(Oc3ccc(NC(=O)c4c(C)n(C[C@@H](C)[C@](C)(N)C(=O)O)n(-c5ccccc5)c4=O)cc3F)ccnc2c1.O=C(O)/C=C\C(=O)O. The molecular weight excluding hydrogens is 693 g/mol. The third-order valence-corrected chi connectivity index (χ3v) is 8.24. The Kier molecular flexibility index (Phi) is 12.1. The lowest BCUT2D eigenvalue weighted by Gasteiger charge is -2.28. The molecule has 0 saturated heterocycles. The highest BCUT2D eigenvalue weighted by atomic mass is 19.1. The number of halogens is 1. The number of pyridine rings is 1. The molecule has 0 spiro atoms. The van der Waals surface area contributed by atoms with E-state index >= 15 is 4.39 Å². The molecule has 2 heterocycles. The number of aromatic nitrogens is 3. The third-order valence-electron chi connectivity index (χ3n) is 8.24. The van der Waals surface area contributed by atoms with Crippen LogP contribution in [0.4, 0.5) is 10.1 Å². The lowest BCUT2D eigenvalue weighted by molar-refractivity contribution is -0.144. The average molecular weight is 730 g/mol. The summed E-state index contributed by atoms with van der Waals surface area (Å²) in [5, 5.41) is 28.5. The minimum absolute atomic E-state index is 0.0275. The minimum atomic E-state index is -1.60. The number of carbonyl (C=O) groups excluding carboxylic acids is 1. The Morgan fingerprint density at radius 1 is 0.981 bits per heavy atom. The van der Waals surface area contributed by atoms with Crippen LogP contribution in [0.25, 0.3) is 16.6 Å². The van der Waals surface area contributed by atoms with Gasteiger partial charge in [0.15, 0.2) is 11.6 Å². The van der Waals surface area contributed by atoms with Crippen molar-refractivity contribution < 1.29 is 48.4 Å². The monoisotopic (exact) mass is 729 g/mol. The van der Waals surface area contributed by atoms with E-state index in [1.807, 2.05) is 0 Å². The zero-order valence-electron chi connectivity index (χ0n) is 28.9. The third kappa shape index (κ3) is 9.11. The van der Waals surface area contributed by atoms with E-state index in [0.717, 1.165) is 6.07 Å². The summed E-state index contributed by atoms with van der Waals surface area (Å²) < 4.78 is 29.2. The first-order valence-corrected chi connectivity index (χ1v) is 15.8. The Morgan fingerprint density at radius 2 is 1.64 bits per heavy atom. The topological polar surface area (TPSA) is 225 Å². The normalized spacial score (nSPS) is 12.6. The lowest BCUT2D eigenvalue weighted by Crippen LogP contribution is -2.52. The summed E-state index contributed by atoms with van der Waals surface area (Å²) in [6, 6.07) is 19.4. The number of methoxy groups -OCH3 is 1. The van der Waals surface area contributed by atoms with Gasteiger partial charge in [0, 0.05) is 54.0 Å². The van der Waals surface area contributed by atoms with Gasteiger partial charge < -0.3 is 35.8 Å². The van der Waals surface area contributed by atoms with Gasteiger partial charge in [-0.05, 0) is 56.3 Å². The maximum absolute atomic E-state index is 15.2. The summed E-state index contributed by atoms with van der Waals surface area (Å²) in [5.74, 6) is -4.93. The van der Waals surface area contributed by atoms with Crippen LogP contribution in [0.1, 0.15) is 29.9 Å². The largest absolute Gasteiger partial charge is 0.497 e. The van der Waals surface area contributed by atoms with Gasteiger partial charge in [0.1, 0.15) is 22.6 Å². The molecular formula is C37H36FN5O10. The number of aliphatic carboxylic acids is 3. The van der Waals surface area contributed by atoms with Gasteiger partial charge in [0.25, 0.3) is 11.5 Å². The molecule has 15 nitrogen and oxygen atoms in total. The van der Waals surface area contributed by atoms with E-state index in [1.165, 1.54) is 34.6 Å². The van der Waals surface area contributed by atoms with Crippen molar-refractivity contribution in [3.8, 4) is 22.9 Å². The second-order valence-electron chi connectivity index (χ2n) is 11.9. The van der Waals surface area contributed by atoms with Gasteiger partial charge in [-0.25, -0.2) is 18.7 Å². The Hall–Kier alpha value is -6.81. The van der Waals surface area contributed by atoms with E-state index in [9.17, 15) is 29.1 Å². The van der Waals surface area contributed by atoms with Crippen molar-refractivity contribution in [2.75, 3.05) is 12.4 Å². The van der Waals surface area contributed by atoms with Crippen molar-refractivity contribution in [3.05, 3.63) is 119 Å². The molecule has 0 bridgehead atoms. The molecule has 5 rings (SSSR count). The molecule has 53 heavy (non-hydrogen) atoms. The number of nitrogens with zero attached hydrogens (tertiary/aromatic N) is 3. The molecule has 3 aromatic carbocycles. The Balaban J connectivity index is 0.000000703. The number of nitrogens with one attached hydrogen (secondary N) is 1. The van der Waals surface area contributed by atoms with Crippen LogP contribution in [-0.4, -0.2) is 66.1 Å². The number of para-hydroxylation sites is 1. The summed E-state index contributed by atoms with van der Waals surface area (Å²) in [6.07, 6.45) is 2.65. The van der Waals surface area contributed by atoms with Crippen LogP contribution in [0.15, 0.2) is 95.9 Å². The Bertz CT molecular complexity index is 2250. The van der Waals surface area contributed by atoms with Crippen LogP contribution in [0.3, 0.4) is 0 Å². The zero-order chi connectivity index (χ0) is 39.0. The second kappa shape index (κ2) is 16.5. The lowest BCUT2D eigenvalue weighted by atomic mass is 9.88. The highest BCUT2D eigenvalue weighted by Gasteiger charge is 2.36. The summed E-state index contributed by atoms with van der Waals surface area (Å²) in [6.45, 7) is 4.67. The number of amides is 1. The number of nitrogens with two attached hydrogens (primary N) is 1. The minimum Gasteiger partial charge on any atom is -0.497 e. The number of hydrogen-bond donors (Lipinski definition) is 5. The van der Waals surface area contributed by atoms with E-state index in [4.69, 9.17) is 25.4 Å². The molecule has 0 unspecified atom stereocenters. The fourth-order valence-electron chi connectivity index (χ4n) is 5.05. The van der Waals surface area contributed by atoms with Crippen LogP contribution in [0.2, 0.25) is 0 Å². The number of fused-ring (bicyclic) bond motifs is 1. The van der Waals surface area contributed by atoms with Gasteiger partial charge >= 0.3 is 17.9 Å². The highest BCUT2D eigenvalue weighted by molar-refractivity contribution is 6.05. The first kappa shape index (κ1) is 39.0. The van der Waals surface area contributed by atoms with Crippen molar-refractivity contribution in [2.24, 2.45) is 11.7 Å². The van der Waals surface area contributed by atoms with Crippen molar-refractivity contribution in [3.63, 3.8) is 0 Å². The van der Waals surface area contributed by atoms with Crippen molar-refractivity contribution in [1.82, 2.24) is 14.3 Å². The fraction of sp³-hybridized carbons (Fsp3) is 0.189. The number of ether oxygens (including phenoxy) is 2. The molecule has 1 amide bonds. The average Bonchev–Trinajstić information content (AvgIpc) is 3.36. The molecule has 0 radical (unpaired) electrons. The molecule has 0 aliphatic heterocycles. The summed E-state index contributed by atoms with van der Waals surface area (Å²) in [5.41, 5.74) is 5.13. The fourth-order valence-corrected chi connectivity index (χ4v) is 5.05. The Labute approximate surface area is 301 Å². The van der Waals surface area contributed by atoms with Gasteiger partial charge in [-0.2, -0.15) is 0 Å². The predicted molar refractivity (Wildman–Crippen MR) is 191 cm³/mol. The predicted octanol–water partition coefficient (Wildman–Crippen LogP) is 4.84. The molecule has 0 fully saturated rings. The quantitative estimate of drug-likeness (QED) is 0.109. The first-order chi connectivity index (χ1) is 25.0. The summed E-state index contributed by atoms with van der Waals surface area (Å²) in [4.78, 5) is 62.4. The van der Waals surface area contributed by atoms with Crippen molar-refractivity contribution in [1.29, 1.82) is 0 Å². The summed E-state index contributed by atoms with van der Waals surface area (Å²) >= 11 is 0. The molecule has 16 heteroatoms. The molecule has 2 aromatic heterocycles.